The molecule has 0 spiro atoms. The second kappa shape index (κ2) is 6.84. The molecule has 2 heterocycles. The van der Waals surface area contributed by atoms with Crippen molar-refractivity contribution < 1.29 is 19.2 Å². The van der Waals surface area contributed by atoms with Gasteiger partial charge in [-0.25, -0.2) is 9.78 Å². The standard InChI is InChI=1S/C12H15ClN4O5/c1-3-7-9(17(19)20)10(15-12(13)14-7)16-4-5-22-6-8(16)11(18)21-2/h8H,3-6H2,1-2H3. The van der Waals surface area contributed by atoms with Crippen LogP contribution >= 0.6 is 11.6 Å². The third kappa shape index (κ3) is 3.09. The van der Waals surface area contributed by atoms with Crippen molar-refractivity contribution in [2.45, 2.75) is 19.4 Å². The Labute approximate surface area is 131 Å². The van der Waals surface area contributed by atoms with Crippen molar-refractivity contribution in [2.24, 2.45) is 0 Å². The lowest BCUT2D eigenvalue weighted by Gasteiger charge is -2.34. The van der Waals surface area contributed by atoms with Gasteiger partial charge in [0.05, 0.1) is 25.2 Å². The molecule has 0 saturated carbocycles. The molecule has 1 unspecified atom stereocenters. The summed E-state index contributed by atoms with van der Waals surface area (Å²) >= 11 is 5.87. The molecule has 9 nitrogen and oxygen atoms in total. The fourth-order valence-electron chi connectivity index (χ4n) is 2.28. The predicted octanol–water partition coefficient (Wildman–Crippen LogP) is 0.979. The zero-order chi connectivity index (χ0) is 16.3. The molecular weight excluding hydrogens is 316 g/mol. The molecule has 1 aliphatic heterocycles. The maximum Gasteiger partial charge on any atom is 0.332 e. The summed E-state index contributed by atoms with van der Waals surface area (Å²) in [5, 5.41) is 11.3. The normalized spacial score (nSPS) is 18.1. The average molecular weight is 331 g/mol. The Morgan fingerprint density at radius 3 is 2.91 bits per heavy atom. The summed E-state index contributed by atoms with van der Waals surface area (Å²) in [6, 6.07) is -0.812. The summed E-state index contributed by atoms with van der Waals surface area (Å²) in [5.74, 6) is -0.540. The summed E-state index contributed by atoms with van der Waals surface area (Å²) in [5.41, 5.74) is -0.0298. The molecule has 1 saturated heterocycles. The lowest BCUT2D eigenvalue weighted by atomic mass is 10.2. The minimum atomic E-state index is -0.812. The number of nitro groups is 1. The number of ether oxygens (including phenoxy) is 2. The minimum Gasteiger partial charge on any atom is -0.467 e. The molecule has 120 valence electrons. The van der Waals surface area contributed by atoms with Gasteiger partial charge in [0.2, 0.25) is 11.1 Å². The second-order valence-electron chi connectivity index (χ2n) is 4.53. The van der Waals surface area contributed by atoms with Crippen LogP contribution in [-0.4, -0.2) is 53.8 Å². The van der Waals surface area contributed by atoms with E-state index in [9.17, 15) is 14.9 Å². The lowest BCUT2D eigenvalue weighted by Crippen LogP contribution is -2.51. The topological polar surface area (TPSA) is 108 Å². The monoisotopic (exact) mass is 330 g/mol. The number of esters is 1. The quantitative estimate of drug-likeness (QED) is 0.348. The molecule has 1 aromatic heterocycles. The molecular formula is C12H15ClN4O5. The van der Waals surface area contributed by atoms with Gasteiger partial charge in [0.1, 0.15) is 5.69 Å². The molecule has 2 rings (SSSR count). The van der Waals surface area contributed by atoms with Gasteiger partial charge in [-0.3, -0.25) is 10.1 Å². The van der Waals surface area contributed by atoms with Gasteiger partial charge in [-0.05, 0) is 18.0 Å². The van der Waals surface area contributed by atoms with Crippen molar-refractivity contribution in [1.82, 2.24) is 9.97 Å². The molecule has 1 fully saturated rings. The van der Waals surface area contributed by atoms with Crippen LogP contribution in [0.2, 0.25) is 5.28 Å². The maximum absolute atomic E-state index is 11.9. The number of methoxy groups -OCH3 is 1. The number of anilines is 1. The van der Waals surface area contributed by atoms with E-state index in [0.29, 0.717) is 13.0 Å². The number of nitrogens with zero attached hydrogens (tertiary/aromatic N) is 4. The number of hydrogen-bond acceptors (Lipinski definition) is 8. The highest BCUT2D eigenvalue weighted by atomic mass is 35.5. The van der Waals surface area contributed by atoms with Gasteiger partial charge in [0.15, 0.2) is 6.04 Å². The Hall–Kier alpha value is -2.00. The van der Waals surface area contributed by atoms with Gasteiger partial charge >= 0.3 is 11.7 Å². The molecule has 1 atom stereocenters. The SMILES string of the molecule is CCc1nc(Cl)nc(N2CCOCC2C(=O)OC)c1[N+](=O)[O-]. The number of aryl methyl sites for hydroxylation is 1. The Morgan fingerprint density at radius 2 is 2.32 bits per heavy atom. The first-order valence-electron chi connectivity index (χ1n) is 6.62. The van der Waals surface area contributed by atoms with Gasteiger partial charge in [0.25, 0.3) is 0 Å². The van der Waals surface area contributed by atoms with Crippen molar-refractivity contribution in [3.63, 3.8) is 0 Å². The van der Waals surface area contributed by atoms with Crippen molar-refractivity contribution in [1.29, 1.82) is 0 Å². The van der Waals surface area contributed by atoms with Crippen LogP contribution in [0.15, 0.2) is 0 Å². The number of morpholine rings is 1. The Morgan fingerprint density at radius 1 is 1.59 bits per heavy atom. The summed E-state index contributed by atoms with van der Waals surface area (Å²) in [4.78, 5) is 32.1. The van der Waals surface area contributed by atoms with Crippen molar-refractivity contribution in [2.75, 3.05) is 31.8 Å². The Bertz CT molecular complexity index is 597. The van der Waals surface area contributed by atoms with E-state index in [4.69, 9.17) is 21.1 Å². The largest absolute Gasteiger partial charge is 0.467 e. The summed E-state index contributed by atoms with van der Waals surface area (Å²) in [6.07, 6.45) is 0.318. The first-order valence-corrected chi connectivity index (χ1v) is 7.00. The highest BCUT2D eigenvalue weighted by Gasteiger charge is 2.37. The van der Waals surface area contributed by atoms with E-state index >= 15 is 0 Å². The molecule has 0 amide bonds. The van der Waals surface area contributed by atoms with Gasteiger partial charge in [-0.1, -0.05) is 6.92 Å². The fraction of sp³-hybridized carbons (Fsp3) is 0.583. The van der Waals surface area contributed by atoms with Gasteiger partial charge in [0, 0.05) is 6.54 Å². The predicted molar refractivity (Wildman–Crippen MR) is 77.0 cm³/mol. The van der Waals surface area contributed by atoms with E-state index in [1.165, 1.54) is 12.0 Å². The van der Waals surface area contributed by atoms with Crippen LogP contribution in [0.25, 0.3) is 0 Å². The first-order chi connectivity index (χ1) is 10.5. The van der Waals surface area contributed by atoms with Crippen molar-refractivity contribution in [3.8, 4) is 0 Å². The lowest BCUT2D eigenvalue weighted by molar-refractivity contribution is -0.385. The number of rotatable bonds is 4. The molecule has 0 aliphatic carbocycles. The smallest absolute Gasteiger partial charge is 0.332 e. The average Bonchev–Trinajstić information content (AvgIpc) is 2.52. The van der Waals surface area contributed by atoms with E-state index in [2.05, 4.69) is 9.97 Å². The van der Waals surface area contributed by atoms with Crippen LogP contribution < -0.4 is 4.90 Å². The first kappa shape index (κ1) is 16.4. The fourth-order valence-corrected chi connectivity index (χ4v) is 2.46. The summed E-state index contributed by atoms with van der Waals surface area (Å²) in [7, 11) is 1.24. The van der Waals surface area contributed by atoms with E-state index in [0.717, 1.165) is 0 Å². The molecule has 0 aromatic carbocycles. The highest BCUT2D eigenvalue weighted by molar-refractivity contribution is 6.28. The van der Waals surface area contributed by atoms with Crippen LogP contribution in [0.4, 0.5) is 11.5 Å². The minimum absolute atomic E-state index is 0.0144. The molecule has 1 aromatic rings. The van der Waals surface area contributed by atoms with Crippen LogP contribution in [0.3, 0.4) is 0 Å². The van der Waals surface area contributed by atoms with E-state index < -0.39 is 16.9 Å². The number of carbonyl (C=O) groups excluding carboxylic acids is 1. The van der Waals surface area contributed by atoms with Crippen LogP contribution in [0.1, 0.15) is 12.6 Å². The van der Waals surface area contributed by atoms with E-state index in [-0.39, 0.29) is 35.6 Å². The van der Waals surface area contributed by atoms with Gasteiger partial charge in [-0.15, -0.1) is 0 Å². The molecule has 22 heavy (non-hydrogen) atoms. The molecule has 0 radical (unpaired) electrons. The summed E-state index contributed by atoms with van der Waals surface area (Å²) < 4.78 is 9.98. The number of hydrogen-bond donors (Lipinski definition) is 0. The third-order valence-electron chi connectivity index (χ3n) is 3.30. The van der Waals surface area contributed by atoms with Gasteiger partial charge in [-0.2, -0.15) is 4.98 Å². The summed E-state index contributed by atoms with van der Waals surface area (Å²) in [6.45, 7) is 2.37. The highest BCUT2D eigenvalue weighted by Crippen LogP contribution is 2.32. The van der Waals surface area contributed by atoms with Gasteiger partial charge < -0.3 is 14.4 Å². The van der Waals surface area contributed by atoms with Crippen LogP contribution in [0, 0.1) is 10.1 Å². The number of aromatic nitrogens is 2. The zero-order valence-corrected chi connectivity index (χ0v) is 12.9. The Balaban J connectivity index is 2.55. The second-order valence-corrected chi connectivity index (χ2v) is 4.87. The molecule has 0 N–H and O–H groups in total. The number of carbonyl (C=O) groups is 1. The maximum atomic E-state index is 11.9. The molecule has 1 aliphatic rings. The number of halogens is 1. The molecule has 0 bridgehead atoms. The molecule has 10 heteroatoms. The van der Waals surface area contributed by atoms with Crippen LogP contribution in [0.5, 0.6) is 0 Å². The van der Waals surface area contributed by atoms with E-state index in [1.807, 2.05) is 0 Å². The van der Waals surface area contributed by atoms with Crippen LogP contribution in [-0.2, 0) is 20.7 Å². The zero-order valence-electron chi connectivity index (χ0n) is 12.1. The Kier molecular flexibility index (Phi) is 5.09. The van der Waals surface area contributed by atoms with E-state index in [1.54, 1.807) is 6.92 Å². The van der Waals surface area contributed by atoms with Crippen molar-refractivity contribution >= 4 is 29.1 Å². The third-order valence-corrected chi connectivity index (χ3v) is 3.47. The van der Waals surface area contributed by atoms with Crippen molar-refractivity contribution in [3.05, 3.63) is 21.1 Å².